The van der Waals surface area contributed by atoms with Crippen molar-refractivity contribution in [2.24, 2.45) is 0 Å². The van der Waals surface area contributed by atoms with Gasteiger partial charge >= 0.3 is 0 Å². The summed E-state index contributed by atoms with van der Waals surface area (Å²) >= 11 is 0. The molecule has 0 saturated carbocycles. The summed E-state index contributed by atoms with van der Waals surface area (Å²) in [4.78, 5) is 20.7. The number of carbonyl (C=O) groups is 1. The lowest BCUT2D eigenvalue weighted by molar-refractivity contribution is 0.0139. The highest BCUT2D eigenvalue weighted by Gasteiger charge is 2.25. The number of H-pyrrole nitrogens is 1. The van der Waals surface area contributed by atoms with Crippen LogP contribution in [0.5, 0.6) is 5.75 Å². The normalized spacial score (nSPS) is 15.4. The first-order valence-corrected chi connectivity index (χ1v) is 11.7. The fraction of sp³-hybridized carbons (Fsp3) is 0.296. The van der Waals surface area contributed by atoms with E-state index >= 15 is 0 Å². The lowest BCUT2D eigenvalue weighted by atomic mass is 9.95. The number of Topliss-reactive ketones (excluding diaryl/α,β-unsaturated/α-hetero) is 1. The number of ketones is 1. The third-order valence-corrected chi connectivity index (χ3v) is 6.48. The van der Waals surface area contributed by atoms with Crippen LogP contribution in [0.15, 0.2) is 60.7 Å². The molecule has 0 aliphatic carbocycles. The van der Waals surface area contributed by atoms with E-state index in [1.807, 2.05) is 19.1 Å². The standard InChI is InChI=1S/C27H28N4O3/c1-18-26-22(17-23(28-27(26)30-29-18)19-7-9-21(32)10-8-19)25(33)12-11-24(20-5-3-2-4-6-20)31-13-15-34-16-14-31/h2-10,17,24,32H,11-16H2,1H3,(H,28,29,30). The minimum atomic E-state index is 0.0751. The van der Waals surface area contributed by atoms with Gasteiger partial charge in [0.25, 0.3) is 0 Å². The Balaban J connectivity index is 1.45. The zero-order valence-electron chi connectivity index (χ0n) is 19.2. The van der Waals surface area contributed by atoms with Gasteiger partial charge in [-0.3, -0.25) is 14.8 Å². The number of ether oxygens (including phenoxy) is 1. The zero-order chi connectivity index (χ0) is 23.5. The molecule has 2 aromatic heterocycles. The molecule has 0 spiro atoms. The lowest BCUT2D eigenvalue weighted by Crippen LogP contribution is -2.39. The number of morpholine rings is 1. The van der Waals surface area contributed by atoms with Crippen LogP contribution in [0, 0.1) is 6.92 Å². The number of benzene rings is 2. The molecule has 2 aromatic carbocycles. The molecular formula is C27H28N4O3. The number of phenols is 1. The number of rotatable bonds is 7. The summed E-state index contributed by atoms with van der Waals surface area (Å²) in [6.07, 6.45) is 1.13. The Morgan fingerprint density at radius 3 is 2.59 bits per heavy atom. The van der Waals surface area contributed by atoms with E-state index < -0.39 is 0 Å². The molecule has 34 heavy (non-hydrogen) atoms. The fourth-order valence-electron chi connectivity index (χ4n) is 4.70. The van der Waals surface area contributed by atoms with E-state index in [-0.39, 0.29) is 17.6 Å². The summed E-state index contributed by atoms with van der Waals surface area (Å²) in [7, 11) is 0. The highest BCUT2D eigenvalue weighted by atomic mass is 16.5. The van der Waals surface area contributed by atoms with Crippen molar-refractivity contribution in [2.75, 3.05) is 26.3 Å². The van der Waals surface area contributed by atoms with E-state index in [0.29, 0.717) is 36.5 Å². The highest BCUT2D eigenvalue weighted by Crippen LogP contribution is 2.31. The van der Waals surface area contributed by atoms with Crippen molar-refractivity contribution >= 4 is 16.8 Å². The average Bonchev–Trinajstić information content (AvgIpc) is 3.26. The van der Waals surface area contributed by atoms with Gasteiger partial charge < -0.3 is 9.84 Å². The summed E-state index contributed by atoms with van der Waals surface area (Å²) in [6, 6.07) is 19.2. The Morgan fingerprint density at radius 1 is 1.12 bits per heavy atom. The van der Waals surface area contributed by atoms with Crippen LogP contribution >= 0.6 is 0 Å². The van der Waals surface area contributed by atoms with Gasteiger partial charge in [-0.05, 0) is 49.2 Å². The van der Waals surface area contributed by atoms with Crippen LogP contribution < -0.4 is 0 Å². The maximum atomic E-state index is 13.6. The van der Waals surface area contributed by atoms with Gasteiger partial charge in [-0.15, -0.1) is 0 Å². The van der Waals surface area contributed by atoms with E-state index in [2.05, 4.69) is 44.3 Å². The van der Waals surface area contributed by atoms with Crippen LogP contribution in [-0.4, -0.2) is 57.3 Å². The van der Waals surface area contributed by atoms with Gasteiger partial charge in [0.2, 0.25) is 0 Å². The number of aryl methyl sites for hydroxylation is 1. The van der Waals surface area contributed by atoms with Crippen LogP contribution in [0.3, 0.4) is 0 Å². The average molecular weight is 457 g/mol. The zero-order valence-corrected chi connectivity index (χ0v) is 19.2. The molecule has 1 unspecified atom stereocenters. The van der Waals surface area contributed by atoms with Crippen LogP contribution in [0.2, 0.25) is 0 Å². The van der Waals surface area contributed by atoms with Gasteiger partial charge in [0.15, 0.2) is 11.4 Å². The molecule has 0 radical (unpaired) electrons. The number of hydrogen-bond donors (Lipinski definition) is 2. The van der Waals surface area contributed by atoms with Gasteiger partial charge in [0.05, 0.1) is 24.3 Å². The molecule has 2 N–H and O–H groups in total. The Bertz CT molecular complexity index is 1280. The summed E-state index contributed by atoms with van der Waals surface area (Å²) in [5.74, 6) is 0.262. The SMILES string of the molecule is Cc1[nH]nc2nc(-c3ccc(O)cc3)cc(C(=O)CCC(c3ccccc3)N3CCOCC3)c12. The van der Waals surface area contributed by atoms with Crippen LogP contribution in [-0.2, 0) is 4.74 Å². The summed E-state index contributed by atoms with van der Waals surface area (Å²) in [5, 5.41) is 17.7. The number of aromatic amines is 1. The fourth-order valence-corrected chi connectivity index (χ4v) is 4.70. The number of hydrogen-bond acceptors (Lipinski definition) is 6. The topological polar surface area (TPSA) is 91.3 Å². The molecule has 1 atom stereocenters. The highest BCUT2D eigenvalue weighted by molar-refractivity contribution is 6.08. The molecule has 174 valence electrons. The maximum Gasteiger partial charge on any atom is 0.182 e. The molecule has 1 fully saturated rings. The molecule has 1 saturated heterocycles. The number of nitrogens with one attached hydrogen (secondary N) is 1. The first kappa shape index (κ1) is 22.3. The van der Waals surface area contributed by atoms with E-state index in [1.165, 1.54) is 5.56 Å². The second kappa shape index (κ2) is 9.75. The predicted molar refractivity (Wildman–Crippen MR) is 131 cm³/mol. The van der Waals surface area contributed by atoms with Crippen molar-refractivity contribution in [3.05, 3.63) is 77.5 Å². The minimum Gasteiger partial charge on any atom is -0.508 e. The molecule has 7 nitrogen and oxygen atoms in total. The van der Waals surface area contributed by atoms with Crippen LogP contribution in [0.1, 0.15) is 40.5 Å². The number of nitrogens with zero attached hydrogens (tertiary/aromatic N) is 3. The molecule has 0 amide bonds. The number of aromatic hydroxyl groups is 1. The summed E-state index contributed by atoms with van der Waals surface area (Å²) in [6.45, 7) is 5.06. The van der Waals surface area contributed by atoms with Crippen molar-refractivity contribution in [1.29, 1.82) is 0 Å². The Morgan fingerprint density at radius 2 is 1.85 bits per heavy atom. The number of carbonyl (C=O) groups excluding carboxylic acids is 1. The first-order chi connectivity index (χ1) is 16.6. The van der Waals surface area contributed by atoms with E-state index in [4.69, 9.17) is 4.74 Å². The van der Waals surface area contributed by atoms with Gasteiger partial charge in [-0.1, -0.05) is 30.3 Å². The Kier molecular flexibility index (Phi) is 6.38. The predicted octanol–water partition coefficient (Wildman–Crippen LogP) is 4.68. The van der Waals surface area contributed by atoms with Crippen molar-refractivity contribution in [2.45, 2.75) is 25.8 Å². The van der Waals surface area contributed by atoms with Crippen molar-refractivity contribution < 1.29 is 14.6 Å². The number of pyridine rings is 1. The first-order valence-electron chi connectivity index (χ1n) is 11.7. The third-order valence-electron chi connectivity index (χ3n) is 6.48. The van der Waals surface area contributed by atoms with E-state index in [1.54, 1.807) is 24.3 Å². The third kappa shape index (κ3) is 4.58. The molecule has 5 rings (SSSR count). The number of phenolic OH excluding ortho intramolecular Hbond substituents is 1. The van der Waals surface area contributed by atoms with Gasteiger partial charge in [-0.2, -0.15) is 5.10 Å². The molecule has 7 heteroatoms. The smallest absolute Gasteiger partial charge is 0.182 e. The van der Waals surface area contributed by atoms with Crippen molar-refractivity contribution in [3.8, 4) is 17.0 Å². The lowest BCUT2D eigenvalue weighted by Gasteiger charge is -2.34. The molecule has 3 heterocycles. The maximum absolute atomic E-state index is 13.6. The second-order valence-electron chi connectivity index (χ2n) is 8.69. The van der Waals surface area contributed by atoms with Crippen LogP contribution in [0.25, 0.3) is 22.3 Å². The minimum absolute atomic E-state index is 0.0751. The Labute approximate surface area is 198 Å². The molecule has 0 bridgehead atoms. The number of aromatic nitrogens is 3. The Hall–Kier alpha value is -3.55. The van der Waals surface area contributed by atoms with Gasteiger partial charge in [0, 0.05) is 42.4 Å². The quantitative estimate of drug-likeness (QED) is 0.393. The largest absolute Gasteiger partial charge is 0.508 e. The summed E-state index contributed by atoms with van der Waals surface area (Å²) < 4.78 is 5.55. The molecule has 1 aliphatic rings. The number of fused-ring (bicyclic) bond motifs is 1. The van der Waals surface area contributed by atoms with Crippen LogP contribution in [0.4, 0.5) is 0 Å². The molecule has 1 aliphatic heterocycles. The second-order valence-corrected chi connectivity index (χ2v) is 8.69. The van der Waals surface area contributed by atoms with Gasteiger partial charge in [0.1, 0.15) is 5.75 Å². The summed E-state index contributed by atoms with van der Waals surface area (Å²) in [5.41, 5.74) is 4.70. The molecule has 4 aromatic rings. The van der Waals surface area contributed by atoms with Gasteiger partial charge in [-0.25, -0.2) is 4.98 Å². The molecular weight excluding hydrogens is 428 g/mol. The van der Waals surface area contributed by atoms with E-state index in [0.717, 1.165) is 36.2 Å². The van der Waals surface area contributed by atoms with Crippen molar-refractivity contribution in [1.82, 2.24) is 20.1 Å². The van der Waals surface area contributed by atoms with Crippen molar-refractivity contribution in [3.63, 3.8) is 0 Å². The monoisotopic (exact) mass is 456 g/mol. The van der Waals surface area contributed by atoms with E-state index in [9.17, 15) is 9.90 Å².